The maximum absolute atomic E-state index is 9.60. The quantitative estimate of drug-likeness (QED) is 0.571. The molecule has 2 rings (SSSR count). The van der Waals surface area contributed by atoms with Gasteiger partial charge in [-0.2, -0.15) is 5.26 Å². The van der Waals surface area contributed by atoms with E-state index in [0.717, 1.165) is 31.3 Å². The Balaban J connectivity index is 2.33. The largest absolute Gasteiger partial charge is 0.343 e. The van der Waals surface area contributed by atoms with Crippen LogP contribution < -0.4 is 0 Å². The number of likely N-dealkylation sites (N-methyl/N-ethyl adjacent to an activating group) is 2. The summed E-state index contributed by atoms with van der Waals surface area (Å²) in [7, 11) is 4.54. The Morgan fingerprint density at radius 2 is 1.57 bits per heavy atom. The van der Waals surface area contributed by atoms with Gasteiger partial charge in [0.2, 0.25) is 0 Å². The molecule has 0 spiro atoms. The van der Waals surface area contributed by atoms with Gasteiger partial charge in [0.25, 0.3) is 0 Å². The molecule has 1 aliphatic heterocycles. The van der Waals surface area contributed by atoms with E-state index in [0.29, 0.717) is 19.1 Å². The Labute approximate surface area is 131 Å². The zero-order valence-electron chi connectivity index (χ0n) is 14.2. The molecule has 1 saturated carbocycles. The number of nitriles is 1. The van der Waals surface area contributed by atoms with Crippen LogP contribution in [-0.4, -0.2) is 42.8 Å². The van der Waals surface area contributed by atoms with Gasteiger partial charge in [0.1, 0.15) is 0 Å². The second-order valence-corrected chi connectivity index (χ2v) is 6.74. The molecule has 116 valence electrons. The van der Waals surface area contributed by atoms with Gasteiger partial charge in [0.05, 0.1) is 6.07 Å². The number of hydrogen-bond acceptors (Lipinski definition) is 3. The Kier molecular flexibility index (Phi) is 5.90. The second kappa shape index (κ2) is 7.47. The first-order chi connectivity index (χ1) is 10.2. The van der Waals surface area contributed by atoms with Crippen molar-refractivity contribution >= 4 is 6.98 Å². The van der Waals surface area contributed by atoms with Crippen LogP contribution in [0.4, 0.5) is 0 Å². The number of hydrogen-bond donors (Lipinski definition) is 0. The van der Waals surface area contributed by atoms with Crippen molar-refractivity contribution in [3.63, 3.8) is 0 Å². The summed E-state index contributed by atoms with van der Waals surface area (Å²) >= 11 is 0. The Morgan fingerprint density at radius 3 is 2.00 bits per heavy atom. The summed E-state index contributed by atoms with van der Waals surface area (Å²) in [6.45, 7) is 4.74. The van der Waals surface area contributed by atoms with E-state index in [9.17, 15) is 5.26 Å². The van der Waals surface area contributed by atoms with Crippen molar-refractivity contribution < 1.29 is 0 Å². The maximum atomic E-state index is 9.60. The van der Waals surface area contributed by atoms with Gasteiger partial charge in [-0.15, -0.1) is 0 Å². The van der Waals surface area contributed by atoms with E-state index in [4.69, 9.17) is 0 Å². The Morgan fingerprint density at radius 1 is 1.05 bits per heavy atom. The number of rotatable bonds is 5. The molecule has 0 aromatic rings. The summed E-state index contributed by atoms with van der Waals surface area (Å²) in [5.74, 6) is 0. The molecule has 1 heterocycles. The standard InChI is InChI=1S/C17H30BN3/c1-5-9-14(13-19)15(10-6-2)18-20(3)16-11-7-8-12-17(16)21(18)4/h16-17H,5-12H2,1-4H3/b15-14-/t16-,17-/m1/s1. The van der Waals surface area contributed by atoms with Gasteiger partial charge in [-0.05, 0) is 39.8 Å². The van der Waals surface area contributed by atoms with Crippen LogP contribution >= 0.6 is 0 Å². The second-order valence-electron chi connectivity index (χ2n) is 6.74. The normalized spacial score (nSPS) is 28.2. The molecule has 0 radical (unpaired) electrons. The fourth-order valence-electron chi connectivity index (χ4n) is 4.43. The average molecular weight is 287 g/mol. The molecule has 0 bridgehead atoms. The lowest BCUT2D eigenvalue weighted by Gasteiger charge is -2.31. The molecule has 4 heteroatoms. The summed E-state index contributed by atoms with van der Waals surface area (Å²) in [4.78, 5) is 5.11. The van der Waals surface area contributed by atoms with Crippen LogP contribution in [-0.2, 0) is 0 Å². The van der Waals surface area contributed by atoms with Gasteiger partial charge in [0.15, 0.2) is 0 Å². The molecule has 2 fully saturated rings. The van der Waals surface area contributed by atoms with Gasteiger partial charge in [-0.25, -0.2) is 0 Å². The smallest absolute Gasteiger partial charge is 0.323 e. The molecule has 0 aromatic heterocycles. The Bertz CT molecular complexity index is 408. The van der Waals surface area contributed by atoms with E-state index >= 15 is 0 Å². The molecule has 3 nitrogen and oxygen atoms in total. The summed E-state index contributed by atoms with van der Waals surface area (Å²) < 4.78 is 0. The molecule has 0 amide bonds. The first-order valence-electron chi connectivity index (χ1n) is 8.71. The predicted molar refractivity (Wildman–Crippen MR) is 89.8 cm³/mol. The minimum absolute atomic E-state index is 0.347. The summed E-state index contributed by atoms with van der Waals surface area (Å²) in [5.41, 5.74) is 2.43. The highest BCUT2D eigenvalue weighted by molar-refractivity contribution is 6.62. The van der Waals surface area contributed by atoms with E-state index in [1.54, 1.807) is 0 Å². The molecular weight excluding hydrogens is 257 g/mol. The predicted octanol–water partition coefficient (Wildman–Crippen LogP) is 3.62. The van der Waals surface area contributed by atoms with Crippen molar-refractivity contribution in [1.29, 1.82) is 5.26 Å². The first-order valence-corrected chi connectivity index (χ1v) is 8.71. The van der Waals surface area contributed by atoms with Crippen LogP contribution in [0.1, 0.15) is 65.2 Å². The van der Waals surface area contributed by atoms with Gasteiger partial charge in [-0.3, -0.25) is 0 Å². The van der Waals surface area contributed by atoms with Crippen molar-refractivity contribution in [1.82, 2.24) is 9.62 Å². The van der Waals surface area contributed by atoms with Crippen molar-refractivity contribution in [2.75, 3.05) is 14.1 Å². The third-order valence-electron chi connectivity index (χ3n) is 5.37. The molecule has 1 saturated heterocycles. The molecule has 2 atom stereocenters. The van der Waals surface area contributed by atoms with Crippen LogP contribution in [0.25, 0.3) is 0 Å². The van der Waals surface area contributed by atoms with Crippen LogP contribution in [0, 0.1) is 11.3 Å². The van der Waals surface area contributed by atoms with E-state index in [-0.39, 0.29) is 0 Å². The SMILES string of the molecule is CCC/C(C#N)=C(\CCC)B1N(C)[C@@H]2CCCC[C@H]2N1C. The highest BCUT2D eigenvalue weighted by atomic mass is 15.3. The van der Waals surface area contributed by atoms with E-state index in [2.05, 4.69) is 43.6 Å². The maximum Gasteiger partial charge on any atom is 0.343 e. The van der Waals surface area contributed by atoms with Crippen LogP contribution in [0.3, 0.4) is 0 Å². The topological polar surface area (TPSA) is 30.3 Å². The van der Waals surface area contributed by atoms with Gasteiger partial charge in [-0.1, -0.05) is 45.0 Å². The van der Waals surface area contributed by atoms with Gasteiger partial charge in [0, 0.05) is 17.7 Å². The zero-order valence-corrected chi connectivity index (χ0v) is 14.2. The fraction of sp³-hybridized carbons (Fsp3) is 0.824. The molecule has 21 heavy (non-hydrogen) atoms. The number of nitrogens with zero attached hydrogens (tertiary/aromatic N) is 3. The fourth-order valence-corrected chi connectivity index (χ4v) is 4.43. The lowest BCUT2D eigenvalue weighted by atomic mass is 9.61. The summed E-state index contributed by atoms with van der Waals surface area (Å²) in [6.07, 6.45) is 9.52. The van der Waals surface area contributed by atoms with Crippen LogP contribution in [0.5, 0.6) is 0 Å². The monoisotopic (exact) mass is 287 g/mol. The highest BCUT2D eigenvalue weighted by Gasteiger charge is 2.48. The third-order valence-corrected chi connectivity index (χ3v) is 5.37. The van der Waals surface area contributed by atoms with Crippen LogP contribution in [0.15, 0.2) is 11.0 Å². The zero-order chi connectivity index (χ0) is 15.4. The van der Waals surface area contributed by atoms with Crippen molar-refractivity contribution in [3.05, 3.63) is 11.0 Å². The minimum Gasteiger partial charge on any atom is -0.323 e. The molecule has 0 N–H and O–H groups in total. The van der Waals surface area contributed by atoms with E-state index in [1.807, 2.05) is 0 Å². The molecule has 0 aromatic carbocycles. The number of fused-ring (bicyclic) bond motifs is 1. The third kappa shape index (κ3) is 3.20. The van der Waals surface area contributed by atoms with Gasteiger partial charge >= 0.3 is 6.98 Å². The van der Waals surface area contributed by atoms with Crippen LogP contribution in [0.2, 0.25) is 0 Å². The lowest BCUT2D eigenvalue weighted by molar-refractivity contribution is 0.233. The highest BCUT2D eigenvalue weighted by Crippen LogP contribution is 2.36. The molecule has 0 unspecified atom stereocenters. The van der Waals surface area contributed by atoms with E-state index < -0.39 is 0 Å². The average Bonchev–Trinajstić information content (AvgIpc) is 2.75. The lowest BCUT2D eigenvalue weighted by Crippen LogP contribution is -2.44. The van der Waals surface area contributed by atoms with E-state index in [1.165, 1.54) is 31.2 Å². The van der Waals surface area contributed by atoms with Crippen molar-refractivity contribution in [3.8, 4) is 6.07 Å². The van der Waals surface area contributed by atoms with Crippen molar-refractivity contribution in [2.45, 2.75) is 77.3 Å². The summed E-state index contributed by atoms with van der Waals surface area (Å²) in [6, 6.07) is 3.88. The molecule has 2 aliphatic rings. The molecule has 1 aliphatic carbocycles. The molecular formula is C17H30BN3. The Hall–Kier alpha value is -0.785. The minimum atomic E-state index is 0.347. The first kappa shape index (κ1) is 16.6. The number of allylic oxidation sites excluding steroid dienone is 2. The summed E-state index contributed by atoms with van der Waals surface area (Å²) in [5, 5.41) is 9.60. The van der Waals surface area contributed by atoms with Crippen molar-refractivity contribution in [2.24, 2.45) is 0 Å². The van der Waals surface area contributed by atoms with Gasteiger partial charge < -0.3 is 9.62 Å².